The number of benzene rings is 2. The van der Waals surface area contributed by atoms with Gasteiger partial charge >= 0.3 is 0 Å². The van der Waals surface area contributed by atoms with Gasteiger partial charge in [0.1, 0.15) is 5.82 Å². The van der Waals surface area contributed by atoms with Gasteiger partial charge in [-0.25, -0.2) is 4.98 Å². The Balaban J connectivity index is 1.57. The van der Waals surface area contributed by atoms with Crippen molar-refractivity contribution in [2.24, 2.45) is 0 Å². The van der Waals surface area contributed by atoms with E-state index in [0.717, 1.165) is 28.8 Å². The van der Waals surface area contributed by atoms with Gasteiger partial charge in [-0.1, -0.05) is 63.4 Å². The number of nitrogens with one attached hydrogen (secondary N) is 2. The SMILES string of the molecule is CCCCCCc1ccc(NC(=O)CC(C)c2ccc(-c3cnc(N)c(C=N)c3)cc2)cc1C. The molecule has 0 fully saturated rings. The second-order valence-corrected chi connectivity index (χ2v) is 9.07. The number of nitrogens with two attached hydrogens (primary N) is 1. The fourth-order valence-electron chi connectivity index (χ4n) is 4.17. The van der Waals surface area contributed by atoms with Gasteiger partial charge in [0.2, 0.25) is 5.91 Å². The lowest BCUT2D eigenvalue weighted by Crippen LogP contribution is -2.14. The van der Waals surface area contributed by atoms with Crippen molar-refractivity contribution in [2.45, 2.75) is 65.2 Å². The van der Waals surface area contributed by atoms with Gasteiger partial charge < -0.3 is 16.5 Å². The van der Waals surface area contributed by atoms with Crippen LogP contribution in [0.5, 0.6) is 0 Å². The van der Waals surface area contributed by atoms with Gasteiger partial charge in [-0.3, -0.25) is 4.79 Å². The van der Waals surface area contributed by atoms with Crippen LogP contribution >= 0.6 is 0 Å². The lowest BCUT2D eigenvalue weighted by atomic mass is 9.95. The second kappa shape index (κ2) is 12.1. The number of aromatic nitrogens is 1. The van der Waals surface area contributed by atoms with Crippen molar-refractivity contribution in [3.63, 3.8) is 0 Å². The van der Waals surface area contributed by atoms with Crippen LogP contribution < -0.4 is 11.1 Å². The molecule has 5 nitrogen and oxygen atoms in total. The molecule has 0 aliphatic heterocycles. The summed E-state index contributed by atoms with van der Waals surface area (Å²) in [4.78, 5) is 16.8. The fourth-order valence-corrected chi connectivity index (χ4v) is 4.17. The Morgan fingerprint density at radius 2 is 1.85 bits per heavy atom. The van der Waals surface area contributed by atoms with E-state index in [0.29, 0.717) is 17.8 Å². The average molecular weight is 457 g/mol. The molecule has 0 radical (unpaired) electrons. The Bertz CT molecular complexity index is 1120. The van der Waals surface area contributed by atoms with Crippen LogP contribution in [-0.2, 0) is 11.2 Å². The average Bonchev–Trinajstić information content (AvgIpc) is 2.83. The number of carbonyl (C=O) groups excluding carboxylic acids is 1. The number of amides is 1. The van der Waals surface area contributed by atoms with Gasteiger partial charge in [-0.05, 0) is 66.1 Å². The molecule has 4 N–H and O–H groups in total. The monoisotopic (exact) mass is 456 g/mol. The highest BCUT2D eigenvalue weighted by atomic mass is 16.1. The predicted molar refractivity (Wildman–Crippen MR) is 143 cm³/mol. The van der Waals surface area contributed by atoms with Crippen molar-refractivity contribution in [1.29, 1.82) is 5.41 Å². The van der Waals surface area contributed by atoms with E-state index in [1.54, 1.807) is 6.20 Å². The second-order valence-electron chi connectivity index (χ2n) is 9.07. The van der Waals surface area contributed by atoms with E-state index in [1.807, 2.05) is 36.4 Å². The summed E-state index contributed by atoms with van der Waals surface area (Å²) in [5.74, 6) is 0.464. The van der Waals surface area contributed by atoms with Crippen molar-refractivity contribution in [3.05, 3.63) is 77.0 Å². The minimum atomic E-state index is 0.0185. The largest absolute Gasteiger partial charge is 0.383 e. The normalized spacial score (nSPS) is 11.7. The van der Waals surface area contributed by atoms with E-state index in [1.165, 1.54) is 43.0 Å². The van der Waals surface area contributed by atoms with E-state index in [9.17, 15) is 4.79 Å². The summed E-state index contributed by atoms with van der Waals surface area (Å²) < 4.78 is 0. The van der Waals surface area contributed by atoms with E-state index in [4.69, 9.17) is 11.1 Å². The zero-order valence-corrected chi connectivity index (χ0v) is 20.5. The summed E-state index contributed by atoms with van der Waals surface area (Å²) in [6.07, 6.45) is 9.47. The van der Waals surface area contributed by atoms with Gasteiger partial charge in [-0.15, -0.1) is 0 Å². The van der Waals surface area contributed by atoms with Crippen LogP contribution in [0.3, 0.4) is 0 Å². The van der Waals surface area contributed by atoms with E-state index in [2.05, 4.69) is 43.2 Å². The number of hydrogen-bond acceptors (Lipinski definition) is 4. The minimum Gasteiger partial charge on any atom is -0.383 e. The number of pyridine rings is 1. The standard InChI is InChI=1S/C29H36N4O/c1-4-5-6-7-8-22-13-14-27(15-20(22)2)33-28(34)16-21(3)23-9-11-24(12-10-23)26-17-25(18-30)29(31)32-19-26/h9-15,17-19,21,30H,4-8,16H2,1-3H3,(H2,31,32)(H,33,34). The summed E-state index contributed by atoms with van der Waals surface area (Å²) in [6.45, 7) is 6.42. The number of nitrogens with zero attached hydrogens (tertiary/aromatic N) is 1. The van der Waals surface area contributed by atoms with E-state index >= 15 is 0 Å². The zero-order chi connectivity index (χ0) is 24.5. The lowest BCUT2D eigenvalue weighted by molar-refractivity contribution is -0.116. The molecule has 1 aromatic heterocycles. The number of anilines is 2. The van der Waals surface area contributed by atoms with Crippen LogP contribution in [0.15, 0.2) is 54.7 Å². The first kappa shape index (κ1) is 25.2. The third-order valence-corrected chi connectivity index (χ3v) is 6.34. The topological polar surface area (TPSA) is 91.9 Å². The molecule has 0 spiro atoms. The van der Waals surface area contributed by atoms with Gasteiger partial charge in [0, 0.05) is 35.6 Å². The molecular weight excluding hydrogens is 420 g/mol. The molecule has 1 atom stereocenters. The first-order valence-electron chi connectivity index (χ1n) is 12.2. The lowest BCUT2D eigenvalue weighted by Gasteiger charge is -2.14. The Hall–Kier alpha value is -3.47. The highest BCUT2D eigenvalue weighted by Gasteiger charge is 2.13. The number of nitrogen functional groups attached to an aromatic ring is 1. The molecule has 0 bridgehead atoms. The first-order valence-corrected chi connectivity index (χ1v) is 12.2. The molecule has 0 saturated carbocycles. The van der Waals surface area contributed by atoms with Crippen LogP contribution in [0.1, 0.15) is 74.1 Å². The van der Waals surface area contributed by atoms with Crippen molar-refractivity contribution < 1.29 is 4.79 Å². The van der Waals surface area contributed by atoms with Crippen LogP contribution in [0.2, 0.25) is 0 Å². The van der Waals surface area contributed by atoms with Crippen LogP contribution in [0.25, 0.3) is 11.1 Å². The summed E-state index contributed by atoms with van der Waals surface area (Å²) in [5, 5.41) is 10.5. The molecule has 3 aromatic rings. The number of carbonyl (C=O) groups is 1. The maximum Gasteiger partial charge on any atom is 0.224 e. The first-order chi connectivity index (χ1) is 16.4. The van der Waals surface area contributed by atoms with Gasteiger partial charge in [-0.2, -0.15) is 0 Å². The maximum absolute atomic E-state index is 12.7. The molecule has 178 valence electrons. The summed E-state index contributed by atoms with van der Waals surface area (Å²) in [7, 11) is 0. The van der Waals surface area contributed by atoms with Gasteiger partial charge in [0.05, 0.1) is 0 Å². The number of aryl methyl sites for hydroxylation is 2. The Morgan fingerprint density at radius 1 is 1.09 bits per heavy atom. The number of unbranched alkanes of at least 4 members (excludes halogenated alkanes) is 3. The molecule has 0 saturated heterocycles. The predicted octanol–water partition coefficient (Wildman–Crippen LogP) is 6.89. The molecule has 0 aliphatic carbocycles. The molecular formula is C29H36N4O. The summed E-state index contributed by atoms with van der Waals surface area (Å²) in [5.41, 5.74) is 12.9. The van der Waals surface area contributed by atoms with Crippen molar-refractivity contribution >= 4 is 23.6 Å². The Labute approximate surface area is 203 Å². The molecule has 1 unspecified atom stereocenters. The van der Waals surface area contributed by atoms with E-state index < -0.39 is 0 Å². The van der Waals surface area contributed by atoms with Gasteiger partial charge in [0.15, 0.2) is 0 Å². The maximum atomic E-state index is 12.7. The molecule has 1 amide bonds. The molecule has 5 heteroatoms. The molecule has 3 rings (SSSR count). The minimum absolute atomic E-state index is 0.0185. The van der Waals surface area contributed by atoms with Crippen LogP contribution in [0, 0.1) is 12.3 Å². The highest BCUT2D eigenvalue weighted by Crippen LogP contribution is 2.26. The Kier molecular flexibility index (Phi) is 8.97. The third-order valence-electron chi connectivity index (χ3n) is 6.34. The van der Waals surface area contributed by atoms with Crippen LogP contribution in [-0.4, -0.2) is 17.1 Å². The van der Waals surface area contributed by atoms with E-state index in [-0.39, 0.29) is 11.8 Å². The smallest absolute Gasteiger partial charge is 0.224 e. The van der Waals surface area contributed by atoms with Crippen molar-refractivity contribution in [3.8, 4) is 11.1 Å². The summed E-state index contributed by atoms with van der Waals surface area (Å²) in [6, 6.07) is 16.2. The molecule has 0 aliphatic rings. The number of hydrogen-bond donors (Lipinski definition) is 3. The third kappa shape index (κ3) is 6.77. The molecule has 34 heavy (non-hydrogen) atoms. The summed E-state index contributed by atoms with van der Waals surface area (Å²) >= 11 is 0. The highest BCUT2D eigenvalue weighted by molar-refractivity contribution is 5.91. The molecule has 1 heterocycles. The van der Waals surface area contributed by atoms with Gasteiger partial charge in [0.25, 0.3) is 0 Å². The Morgan fingerprint density at radius 3 is 2.53 bits per heavy atom. The number of rotatable bonds is 11. The van der Waals surface area contributed by atoms with Crippen LogP contribution in [0.4, 0.5) is 11.5 Å². The van der Waals surface area contributed by atoms with Crippen molar-refractivity contribution in [2.75, 3.05) is 11.1 Å². The van der Waals surface area contributed by atoms with Crippen molar-refractivity contribution in [1.82, 2.24) is 4.98 Å². The fraction of sp³-hybridized carbons (Fsp3) is 0.345. The quantitative estimate of drug-likeness (QED) is 0.217. The molecule has 2 aromatic carbocycles. The zero-order valence-electron chi connectivity index (χ0n) is 20.5.